The lowest BCUT2D eigenvalue weighted by atomic mass is 10.3. The number of H-pyrrole nitrogens is 1. The van der Waals surface area contributed by atoms with Crippen LogP contribution in [0.5, 0.6) is 0 Å². The van der Waals surface area contributed by atoms with E-state index in [9.17, 15) is 8.42 Å². The van der Waals surface area contributed by atoms with Gasteiger partial charge in [-0.05, 0) is 18.2 Å². The minimum absolute atomic E-state index is 0.222. The Kier molecular flexibility index (Phi) is 3.45. The second kappa shape index (κ2) is 5.30. The van der Waals surface area contributed by atoms with Crippen LogP contribution in [0, 0.1) is 0 Å². The van der Waals surface area contributed by atoms with Crippen molar-refractivity contribution in [3.05, 3.63) is 36.5 Å². The third kappa shape index (κ3) is 2.60. The Bertz CT molecular complexity index is 933. The van der Waals surface area contributed by atoms with Gasteiger partial charge in [0.2, 0.25) is 5.95 Å². The van der Waals surface area contributed by atoms with E-state index in [1.165, 1.54) is 6.26 Å². The van der Waals surface area contributed by atoms with Gasteiger partial charge < -0.3 is 15.6 Å². The molecule has 3 aromatic rings. The molecule has 0 fully saturated rings. The molecule has 22 heavy (non-hydrogen) atoms. The van der Waals surface area contributed by atoms with E-state index < -0.39 is 9.84 Å². The second-order valence-corrected chi connectivity index (χ2v) is 6.76. The van der Waals surface area contributed by atoms with Crippen molar-refractivity contribution in [3.63, 3.8) is 0 Å². The maximum absolute atomic E-state index is 11.9. The number of nitrogens with one attached hydrogen (secondary N) is 3. The molecule has 2 aromatic heterocycles. The van der Waals surface area contributed by atoms with E-state index >= 15 is 0 Å². The quantitative estimate of drug-likeness (QED) is 0.682. The van der Waals surface area contributed by atoms with Gasteiger partial charge in [-0.25, -0.2) is 13.4 Å². The Morgan fingerprint density at radius 2 is 1.91 bits per heavy atom. The molecule has 0 saturated heterocycles. The van der Waals surface area contributed by atoms with Gasteiger partial charge in [-0.1, -0.05) is 12.1 Å². The van der Waals surface area contributed by atoms with Gasteiger partial charge >= 0.3 is 0 Å². The van der Waals surface area contributed by atoms with E-state index in [1.807, 2.05) is 6.07 Å². The Labute approximate surface area is 127 Å². The van der Waals surface area contributed by atoms with E-state index in [0.717, 1.165) is 5.52 Å². The largest absolute Gasteiger partial charge is 0.357 e. The number of anilines is 3. The molecule has 0 atom stereocenters. The smallest absolute Gasteiger partial charge is 0.225 e. The van der Waals surface area contributed by atoms with E-state index in [4.69, 9.17) is 0 Å². The number of para-hydroxylation sites is 1. The second-order valence-electron chi connectivity index (χ2n) is 4.78. The highest BCUT2D eigenvalue weighted by molar-refractivity contribution is 7.90. The number of hydrogen-bond donors (Lipinski definition) is 3. The van der Waals surface area contributed by atoms with E-state index in [0.29, 0.717) is 23.0 Å². The lowest BCUT2D eigenvalue weighted by molar-refractivity contribution is 0.602. The average molecular weight is 317 g/mol. The summed E-state index contributed by atoms with van der Waals surface area (Å²) in [6.07, 6.45) is 2.93. The molecule has 0 unspecified atom stereocenters. The fourth-order valence-corrected chi connectivity index (χ4v) is 3.01. The number of hydrogen-bond acceptors (Lipinski definition) is 6. The number of benzene rings is 1. The molecule has 3 rings (SSSR count). The number of aromatic amines is 1. The molecule has 0 aliphatic carbocycles. The van der Waals surface area contributed by atoms with Crippen LogP contribution in [0.1, 0.15) is 0 Å². The van der Waals surface area contributed by atoms with Crippen molar-refractivity contribution in [2.24, 2.45) is 0 Å². The first-order valence-corrected chi connectivity index (χ1v) is 8.47. The SMILES string of the molecule is CNc1nc(Nc2ccccc2S(C)(=O)=O)c2[nH]ccc2n1. The van der Waals surface area contributed by atoms with Crippen molar-refractivity contribution < 1.29 is 8.42 Å². The number of nitrogens with zero attached hydrogens (tertiary/aromatic N) is 2. The van der Waals surface area contributed by atoms with Crippen molar-refractivity contribution in [3.8, 4) is 0 Å². The van der Waals surface area contributed by atoms with Crippen molar-refractivity contribution in [1.29, 1.82) is 0 Å². The van der Waals surface area contributed by atoms with Crippen LogP contribution >= 0.6 is 0 Å². The van der Waals surface area contributed by atoms with Gasteiger partial charge in [0.15, 0.2) is 15.7 Å². The van der Waals surface area contributed by atoms with Crippen LogP contribution in [0.25, 0.3) is 11.0 Å². The standard InChI is InChI=1S/C14H15N5O2S/c1-15-14-18-10-7-8-16-12(10)13(19-14)17-9-5-3-4-6-11(9)22(2,20)21/h3-8,16H,1-2H3,(H2,15,17,18,19). The summed E-state index contributed by atoms with van der Waals surface area (Å²) in [5, 5.41) is 5.97. The Morgan fingerprint density at radius 1 is 1.14 bits per heavy atom. The summed E-state index contributed by atoms with van der Waals surface area (Å²) >= 11 is 0. The molecule has 8 heteroatoms. The summed E-state index contributed by atoms with van der Waals surface area (Å²) in [5.74, 6) is 0.960. The summed E-state index contributed by atoms with van der Waals surface area (Å²) in [6, 6.07) is 8.54. The highest BCUT2D eigenvalue weighted by Gasteiger charge is 2.15. The fraction of sp³-hybridized carbons (Fsp3) is 0.143. The zero-order chi connectivity index (χ0) is 15.7. The number of fused-ring (bicyclic) bond motifs is 1. The van der Waals surface area contributed by atoms with Gasteiger partial charge in [0.25, 0.3) is 0 Å². The summed E-state index contributed by atoms with van der Waals surface area (Å²) < 4.78 is 23.8. The van der Waals surface area contributed by atoms with Crippen molar-refractivity contribution in [2.75, 3.05) is 23.9 Å². The van der Waals surface area contributed by atoms with E-state index in [-0.39, 0.29) is 4.90 Å². The molecule has 114 valence electrons. The molecular formula is C14H15N5O2S. The normalized spacial score (nSPS) is 11.5. The molecule has 3 N–H and O–H groups in total. The van der Waals surface area contributed by atoms with Crippen LogP contribution in [0.2, 0.25) is 0 Å². The van der Waals surface area contributed by atoms with Gasteiger partial charge in [-0.15, -0.1) is 0 Å². The topological polar surface area (TPSA) is 99.8 Å². The molecule has 0 spiro atoms. The van der Waals surface area contributed by atoms with Gasteiger partial charge in [0.1, 0.15) is 5.52 Å². The van der Waals surface area contributed by atoms with Crippen molar-refractivity contribution in [2.45, 2.75) is 4.90 Å². The molecular weight excluding hydrogens is 302 g/mol. The summed E-state index contributed by atoms with van der Waals surface area (Å²) in [7, 11) is -1.62. The number of aromatic nitrogens is 3. The molecule has 2 heterocycles. The Balaban J connectivity index is 2.13. The van der Waals surface area contributed by atoms with Crippen LogP contribution in [-0.2, 0) is 9.84 Å². The van der Waals surface area contributed by atoms with Gasteiger partial charge in [-0.3, -0.25) is 0 Å². The van der Waals surface area contributed by atoms with E-state index in [2.05, 4.69) is 25.6 Å². The molecule has 0 bridgehead atoms. The fourth-order valence-electron chi connectivity index (χ4n) is 2.17. The Hall–Kier alpha value is -2.61. The predicted octanol–water partition coefficient (Wildman–Crippen LogP) is 2.15. The summed E-state index contributed by atoms with van der Waals surface area (Å²) in [5.41, 5.74) is 1.92. The number of rotatable bonds is 4. The molecule has 0 saturated carbocycles. The first-order valence-electron chi connectivity index (χ1n) is 6.58. The Morgan fingerprint density at radius 3 is 2.64 bits per heavy atom. The lowest BCUT2D eigenvalue weighted by Gasteiger charge is -2.11. The molecule has 0 aliphatic rings. The average Bonchev–Trinajstić information content (AvgIpc) is 2.95. The first-order chi connectivity index (χ1) is 10.5. The lowest BCUT2D eigenvalue weighted by Crippen LogP contribution is -2.05. The van der Waals surface area contributed by atoms with Crippen LogP contribution in [0.4, 0.5) is 17.5 Å². The molecule has 1 aromatic carbocycles. The maximum atomic E-state index is 11.9. The first kappa shape index (κ1) is 14.3. The highest BCUT2D eigenvalue weighted by atomic mass is 32.2. The molecule has 0 radical (unpaired) electrons. The summed E-state index contributed by atoms with van der Waals surface area (Å²) in [6.45, 7) is 0. The highest BCUT2D eigenvalue weighted by Crippen LogP contribution is 2.28. The molecule has 0 amide bonds. The molecule has 7 nitrogen and oxygen atoms in total. The zero-order valence-corrected chi connectivity index (χ0v) is 12.9. The number of sulfone groups is 1. The van der Waals surface area contributed by atoms with Gasteiger partial charge in [0, 0.05) is 19.5 Å². The minimum atomic E-state index is -3.34. The van der Waals surface area contributed by atoms with E-state index in [1.54, 1.807) is 37.5 Å². The van der Waals surface area contributed by atoms with Gasteiger partial charge in [-0.2, -0.15) is 4.98 Å². The van der Waals surface area contributed by atoms with Crippen molar-refractivity contribution >= 4 is 38.3 Å². The van der Waals surface area contributed by atoms with Crippen LogP contribution in [0.15, 0.2) is 41.4 Å². The third-order valence-electron chi connectivity index (χ3n) is 3.17. The van der Waals surface area contributed by atoms with Crippen LogP contribution < -0.4 is 10.6 Å². The predicted molar refractivity (Wildman–Crippen MR) is 86.3 cm³/mol. The van der Waals surface area contributed by atoms with Crippen molar-refractivity contribution in [1.82, 2.24) is 15.0 Å². The van der Waals surface area contributed by atoms with Crippen LogP contribution in [-0.4, -0.2) is 36.7 Å². The van der Waals surface area contributed by atoms with Crippen LogP contribution in [0.3, 0.4) is 0 Å². The minimum Gasteiger partial charge on any atom is -0.357 e. The molecule has 0 aliphatic heterocycles. The summed E-state index contributed by atoms with van der Waals surface area (Å²) in [4.78, 5) is 11.9. The third-order valence-corrected chi connectivity index (χ3v) is 4.32. The zero-order valence-electron chi connectivity index (χ0n) is 12.1. The monoisotopic (exact) mass is 317 g/mol. The maximum Gasteiger partial charge on any atom is 0.225 e. The van der Waals surface area contributed by atoms with Gasteiger partial charge in [0.05, 0.1) is 16.1 Å².